The van der Waals surface area contributed by atoms with Gasteiger partial charge in [-0.05, 0) is 19.5 Å². The smallest absolute Gasteiger partial charge is 0.317 e. The summed E-state index contributed by atoms with van der Waals surface area (Å²) in [5.41, 5.74) is 0. The number of rotatable bonds is 16. The molecule has 0 bridgehead atoms. The summed E-state index contributed by atoms with van der Waals surface area (Å²) in [5.74, 6) is -1.16. The maximum Gasteiger partial charge on any atom is 0.317 e. The number of hydrogen-bond donors (Lipinski definition) is 4. The topological polar surface area (TPSA) is 125 Å². The van der Waals surface area contributed by atoms with Crippen LogP contribution in [-0.2, 0) is 14.4 Å². The predicted molar refractivity (Wildman–Crippen MR) is 107 cm³/mol. The largest absolute Gasteiger partial charge is 0.480 e. The van der Waals surface area contributed by atoms with Crippen LogP contribution in [0, 0.1) is 0 Å². The Morgan fingerprint density at radius 3 is 1.93 bits per heavy atom. The van der Waals surface area contributed by atoms with Gasteiger partial charge in [0.1, 0.15) is 0 Å². The lowest BCUT2D eigenvalue weighted by atomic mass is 10.1. The van der Waals surface area contributed by atoms with Crippen LogP contribution in [0.5, 0.6) is 0 Å². The van der Waals surface area contributed by atoms with Gasteiger partial charge in [-0.3, -0.25) is 29.1 Å². The Labute approximate surface area is 167 Å². The van der Waals surface area contributed by atoms with Gasteiger partial charge < -0.3 is 20.8 Å². The van der Waals surface area contributed by atoms with Gasteiger partial charge in [-0.25, -0.2) is 0 Å². The highest BCUT2D eigenvalue weighted by molar-refractivity contribution is 5.78. The molecule has 0 saturated carbocycles. The zero-order chi connectivity index (χ0) is 21.5. The van der Waals surface area contributed by atoms with E-state index in [0.29, 0.717) is 39.1 Å². The zero-order valence-corrected chi connectivity index (χ0v) is 17.6. The number of carbonyl (C=O) groups is 3. The number of carboxylic acid groups (broad SMARTS) is 1. The van der Waals surface area contributed by atoms with Gasteiger partial charge in [-0.1, -0.05) is 13.8 Å². The molecule has 0 aliphatic heterocycles. The van der Waals surface area contributed by atoms with Gasteiger partial charge in [-0.15, -0.1) is 0 Å². The van der Waals surface area contributed by atoms with Crippen LogP contribution in [0.25, 0.3) is 0 Å². The maximum absolute atomic E-state index is 11.8. The Balaban J connectivity index is 5.08. The second kappa shape index (κ2) is 15.2. The Bertz CT molecular complexity index is 477. The molecule has 0 heterocycles. The van der Waals surface area contributed by atoms with E-state index in [-0.39, 0.29) is 44.1 Å². The molecule has 0 rings (SSSR count). The molecule has 0 aromatic rings. The van der Waals surface area contributed by atoms with E-state index in [9.17, 15) is 24.6 Å². The van der Waals surface area contributed by atoms with Crippen LogP contribution in [-0.4, -0.2) is 122 Å². The lowest BCUT2D eigenvalue weighted by Gasteiger charge is -2.34. The second-order valence-corrected chi connectivity index (χ2v) is 6.57. The normalized spacial score (nSPS) is 12.4. The molecule has 2 amide bonds. The first kappa shape index (κ1) is 26.2. The van der Waals surface area contributed by atoms with E-state index in [1.54, 1.807) is 19.0 Å². The van der Waals surface area contributed by atoms with Crippen LogP contribution in [0.15, 0.2) is 0 Å². The van der Waals surface area contributed by atoms with Gasteiger partial charge >= 0.3 is 5.97 Å². The fraction of sp³-hybridized carbons (Fsp3) is 0.833. The Morgan fingerprint density at radius 1 is 0.893 bits per heavy atom. The summed E-state index contributed by atoms with van der Waals surface area (Å²) in [5, 5.41) is 23.9. The van der Waals surface area contributed by atoms with Crippen molar-refractivity contribution in [3.05, 3.63) is 0 Å². The molecule has 0 spiro atoms. The fourth-order valence-electron chi connectivity index (χ4n) is 2.94. The van der Waals surface area contributed by atoms with Crippen LogP contribution >= 0.6 is 0 Å². The van der Waals surface area contributed by atoms with Crippen molar-refractivity contribution < 1.29 is 24.6 Å². The lowest BCUT2D eigenvalue weighted by Crippen LogP contribution is -2.50. The summed E-state index contributed by atoms with van der Waals surface area (Å²) < 4.78 is 0. The van der Waals surface area contributed by atoms with Crippen LogP contribution in [0.2, 0.25) is 0 Å². The van der Waals surface area contributed by atoms with Crippen molar-refractivity contribution in [1.29, 1.82) is 0 Å². The monoisotopic (exact) mass is 403 g/mol. The molecule has 0 aliphatic rings. The number of aliphatic carboxylic acids is 1. The average molecular weight is 404 g/mol. The zero-order valence-electron chi connectivity index (χ0n) is 17.6. The fourth-order valence-corrected chi connectivity index (χ4v) is 2.94. The highest BCUT2D eigenvalue weighted by Gasteiger charge is 2.23. The maximum atomic E-state index is 11.8. The van der Waals surface area contributed by atoms with Gasteiger partial charge in [0.2, 0.25) is 11.8 Å². The molecule has 1 unspecified atom stereocenters. The highest BCUT2D eigenvalue weighted by Crippen LogP contribution is 2.08. The molecule has 0 aliphatic carbocycles. The second-order valence-electron chi connectivity index (χ2n) is 6.57. The third-order valence-electron chi connectivity index (χ3n) is 4.66. The van der Waals surface area contributed by atoms with Crippen LogP contribution in [0.1, 0.15) is 20.3 Å². The van der Waals surface area contributed by atoms with E-state index in [1.807, 2.05) is 23.6 Å². The summed E-state index contributed by atoms with van der Waals surface area (Å²) in [6.45, 7) is 6.84. The van der Waals surface area contributed by atoms with Crippen molar-refractivity contribution in [3.63, 3.8) is 0 Å². The highest BCUT2D eigenvalue weighted by atomic mass is 16.4. The first-order valence-corrected chi connectivity index (χ1v) is 9.73. The Morgan fingerprint density at radius 2 is 1.46 bits per heavy atom. The molecule has 0 aromatic heterocycles. The summed E-state index contributed by atoms with van der Waals surface area (Å²) in [6, 6.07) is -0.152. The van der Waals surface area contributed by atoms with Crippen molar-refractivity contribution >= 4 is 17.8 Å². The number of hydrogen-bond acceptors (Lipinski definition) is 7. The molecular weight excluding hydrogens is 366 g/mol. The van der Waals surface area contributed by atoms with E-state index in [0.717, 1.165) is 0 Å². The lowest BCUT2D eigenvalue weighted by molar-refractivity contribution is -0.139. The molecule has 10 heteroatoms. The van der Waals surface area contributed by atoms with Crippen molar-refractivity contribution in [1.82, 2.24) is 25.3 Å². The number of nitrogens with one attached hydrogen (secondary N) is 2. The van der Waals surface area contributed by atoms with E-state index >= 15 is 0 Å². The number of nitrogens with zero attached hydrogens (tertiary/aromatic N) is 3. The van der Waals surface area contributed by atoms with Gasteiger partial charge in [0.25, 0.3) is 0 Å². The minimum atomic E-state index is -0.938. The van der Waals surface area contributed by atoms with Gasteiger partial charge in [0.05, 0.1) is 19.6 Å². The van der Waals surface area contributed by atoms with Crippen LogP contribution < -0.4 is 10.6 Å². The van der Waals surface area contributed by atoms with E-state index < -0.39 is 5.97 Å². The number of aliphatic hydroxyl groups excluding tert-OH is 1. The molecule has 10 nitrogen and oxygen atoms in total. The Kier molecular flexibility index (Phi) is 14.3. The Hall–Kier alpha value is -1.75. The number of amides is 2. The van der Waals surface area contributed by atoms with Gasteiger partial charge in [-0.2, -0.15) is 0 Å². The number of carbonyl (C=O) groups excluding carboxylic acids is 2. The molecule has 0 fully saturated rings. The van der Waals surface area contributed by atoms with Crippen LogP contribution in [0.3, 0.4) is 0 Å². The van der Waals surface area contributed by atoms with E-state index in [2.05, 4.69) is 10.6 Å². The number of aliphatic hydroxyl groups is 1. The minimum absolute atomic E-state index is 0.0480. The molecule has 4 N–H and O–H groups in total. The minimum Gasteiger partial charge on any atom is -0.480 e. The molecule has 164 valence electrons. The van der Waals surface area contributed by atoms with Crippen molar-refractivity contribution in [3.8, 4) is 0 Å². The first-order valence-electron chi connectivity index (χ1n) is 9.73. The van der Waals surface area contributed by atoms with Crippen molar-refractivity contribution in [2.75, 3.05) is 73.1 Å². The number of likely N-dealkylation sites (N-methyl/N-ethyl adjacent to an activating group) is 4. The molecule has 0 aromatic carbocycles. The van der Waals surface area contributed by atoms with E-state index in [4.69, 9.17) is 0 Å². The van der Waals surface area contributed by atoms with E-state index in [1.165, 1.54) is 0 Å². The molecule has 0 radical (unpaired) electrons. The summed E-state index contributed by atoms with van der Waals surface area (Å²) >= 11 is 0. The third-order valence-corrected chi connectivity index (χ3v) is 4.66. The standard InChI is InChI=1S/C18H37N5O5/c1-5-21(12-16(25)19-3)8-9-22(14-18(27)28)11-15(7-10-24)23(6-2)13-17(26)20-4/h15,24H,5-14H2,1-4H3,(H,19,25)(H,20,26)(H,27,28). The predicted octanol–water partition coefficient (Wildman–Crippen LogP) is -1.74. The quantitative estimate of drug-likeness (QED) is 0.239. The molecular formula is C18H37N5O5. The molecule has 28 heavy (non-hydrogen) atoms. The first-order chi connectivity index (χ1) is 13.3. The molecule has 1 atom stereocenters. The molecule has 0 saturated heterocycles. The summed E-state index contributed by atoms with van der Waals surface area (Å²) in [7, 11) is 3.15. The SMILES string of the molecule is CCN(CCN(CC(=O)O)CC(CCO)N(CC)CC(=O)NC)CC(=O)NC. The summed E-state index contributed by atoms with van der Waals surface area (Å²) in [6.07, 6.45) is 0.441. The summed E-state index contributed by atoms with van der Waals surface area (Å²) in [4.78, 5) is 40.3. The van der Waals surface area contributed by atoms with Crippen molar-refractivity contribution in [2.24, 2.45) is 0 Å². The number of carboxylic acids is 1. The van der Waals surface area contributed by atoms with Gasteiger partial charge in [0.15, 0.2) is 0 Å². The third kappa shape index (κ3) is 11.2. The van der Waals surface area contributed by atoms with Crippen molar-refractivity contribution in [2.45, 2.75) is 26.3 Å². The average Bonchev–Trinajstić information content (AvgIpc) is 2.67. The van der Waals surface area contributed by atoms with Gasteiger partial charge in [0, 0.05) is 46.4 Å². The van der Waals surface area contributed by atoms with Crippen LogP contribution in [0.4, 0.5) is 0 Å².